The van der Waals surface area contributed by atoms with E-state index in [-0.39, 0.29) is 47.2 Å². The predicted molar refractivity (Wildman–Crippen MR) is 133 cm³/mol. The lowest BCUT2D eigenvalue weighted by Crippen LogP contribution is -2.58. The zero-order chi connectivity index (χ0) is 31.3. The fourth-order valence-electron chi connectivity index (χ4n) is 5.56. The quantitative estimate of drug-likeness (QED) is 0.348. The first-order valence-corrected chi connectivity index (χ1v) is 14.3. The molecule has 0 unspecified atom stereocenters. The van der Waals surface area contributed by atoms with Crippen LogP contribution in [0.25, 0.3) is 0 Å². The van der Waals surface area contributed by atoms with Gasteiger partial charge in [-0.05, 0) is 55.5 Å². The number of rotatable bonds is 6. The molecule has 4 rings (SSSR count). The summed E-state index contributed by atoms with van der Waals surface area (Å²) in [5.74, 6) is -1.72. The molecule has 0 radical (unpaired) electrons. The molecule has 1 saturated heterocycles. The standard InChI is InChI=1S/C27H26F8N2O4S/c1-16(38)37-12-10-17(11-13-37)23(39)36-21-14-24(15-21,42(40,41)22-8-6-20(28)7-9-22)18-2-4-19(5-3-18)25(29,26(30,31)32)27(33,34)35/h2-9,17,21H,10-15H2,1H3,(H,36,39). The van der Waals surface area contributed by atoms with Crippen molar-refractivity contribution in [3.63, 3.8) is 0 Å². The molecule has 2 aromatic carbocycles. The van der Waals surface area contributed by atoms with E-state index in [1.54, 1.807) is 4.90 Å². The molecule has 0 bridgehead atoms. The van der Waals surface area contributed by atoms with Gasteiger partial charge in [-0.1, -0.05) is 24.3 Å². The van der Waals surface area contributed by atoms with Gasteiger partial charge in [0.1, 0.15) is 10.6 Å². The molecule has 2 aromatic rings. The van der Waals surface area contributed by atoms with Gasteiger partial charge in [0, 0.05) is 37.5 Å². The number of benzene rings is 2. The Bertz CT molecular complexity index is 1410. The molecule has 2 fully saturated rings. The van der Waals surface area contributed by atoms with Crippen molar-refractivity contribution in [3.05, 3.63) is 65.5 Å². The molecule has 0 atom stereocenters. The van der Waals surface area contributed by atoms with Crippen molar-refractivity contribution in [2.45, 2.75) is 66.3 Å². The van der Waals surface area contributed by atoms with E-state index in [9.17, 15) is 53.1 Å². The minimum Gasteiger partial charge on any atom is -0.353 e. The smallest absolute Gasteiger partial charge is 0.353 e. The molecule has 1 saturated carbocycles. The highest BCUT2D eigenvalue weighted by atomic mass is 32.2. The molecule has 230 valence electrons. The summed E-state index contributed by atoms with van der Waals surface area (Å²) in [6.45, 7) is 2.13. The molecule has 42 heavy (non-hydrogen) atoms. The predicted octanol–water partition coefficient (Wildman–Crippen LogP) is 5.32. The molecule has 0 aromatic heterocycles. The highest BCUT2D eigenvalue weighted by molar-refractivity contribution is 7.92. The Kier molecular flexibility index (Phi) is 8.15. The number of sulfone groups is 1. The molecule has 15 heteroatoms. The van der Waals surface area contributed by atoms with Crippen LogP contribution in [0.5, 0.6) is 0 Å². The van der Waals surface area contributed by atoms with E-state index >= 15 is 0 Å². The van der Waals surface area contributed by atoms with Crippen molar-refractivity contribution in [1.29, 1.82) is 0 Å². The van der Waals surface area contributed by atoms with Gasteiger partial charge in [-0.2, -0.15) is 26.3 Å². The molecular weight excluding hydrogens is 600 g/mol. The lowest BCUT2D eigenvalue weighted by Gasteiger charge is -2.48. The molecule has 1 N–H and O–H groups in total. The van der Waals surface area contributed by atoms with E-state index < -0.39 is 55.9 Å². The van der Waals surface area contributed by atoms with E-state index in [1.807, 2.05) is 0 Å². The molecular formula is C27H26F8N2O4S. The average Bonchev–Trinajstić information content (AvgIpc) is 2.89. The summed E-state index contributed by atoms with van der Waals surface area (Å²) >= 11 is 0. The molecule has 6 nitrogen and oxygen atoms in total. The lowest BCUT2D eigenvalue weighted by atomic mass is 9.74. The number of carbonyl (C=O) groups is 2. The number of carbonyl (C=O) groups excluding carboxylic acids is 2. The molecule has 1 aliphatic heterocycles. The number of hydrogen-bond donors (Lipinski definition) is 1. The number of alkyl halides is 7. The number of nitrogens with zero attached hydrogens (tertiary/aromatic N) is 1. The molecule has 2 amide bonds. The van der Waals surface area contributed by atoms with Crippen LogP contribution in [-0.4, -0.2) is 56.6 Å². The van der Waals surface area contributed by atoms with Crippen molar-refractivity contribution in [2.75, 3.05) is 13.1 Å². The first-order valence-electron chi connectivity index (χ1n) is 12.8. The number of piperidine rings is 1. The summed E-state index contributed by atoms with van der Waals surface area (Å²) in [4.78, 5) is 25.6. The van der Waals surface area contributed by atoms with Crippen LogP contribution in [0.2, 0.25) is 0 Å². The SMILES string of the molecule is CC(=O)N1CCC(C(=O)NC2CC(c3ccc(C(F)(C(F)(F)F)C(F)(F)F)cc3)(S(=O)(=O)c3ccc(F)cc3)C2)CC1. The number of amides is 2. The first kappa shape index (κ1) is 31.7. The van der Waals surface area contributed by atoms with Crippen molar-refractivity contribution < 1.29 is 53.1 Å². The Labute approximate surface area is 236 Å². The van der Waals surface area contributed by atoms with Crippen molar-refractivity contribution in [3.8, 4) is 0 Å². The van der Waals surface area contributed by atoms with Crippen LogP contribution in [0.4, 0.5) is 35.1 Å². The minimum atomic E-state index is -6.35. The second-order valence-electron chi connectivity index (χ2n) is 10.6. The number of hydrogen-bond acceptors (Lipinski definition) is 4. The van der Waals surface area contributed by atoms with Crippen LogP contribution in [0.15, 0.2) is 53.4 Å². The lowest BCUT2D eigenvalue weighted by molar-refractivity contribution is -0.348. The van der Waals surface area contributed by atoms with Gasteiger partial charge >= 0.3 is 18.0 Å². The zero-order valence-corrected chi connectivity index (χ0v) is 22.8. The maximum absolute atomic E-state index is 14.6. The Morgan fingerprint density at radius 3 is 1.81 bits per heavy atom. The summed E-state index contributed by atoms with van der Waals surface area (Å²) in [5, 5.41) is 2.74. The van der Waals surface area contributed by atoms with Gasteiger partial charge in [0.2, 0.25) is 11.8 Å². The largest absolute Gasteiger partial charge is 0.435 e. The van der Waals surface area contributed by atoms with Crippen molar-refractivity contribution >= 4 is 21.7 Å². The number of nitrogens with one attached hydrogen (secondary N) is 1. The van der Waals surface area contributed by atoms with Crippen LogP contribution in [-0.2, 0) is 29.8 Å². The summed E-state index contributed by atoms with van der Waals surface area (Å²) in [7, 11) is -4.45. The monoisotopic (exact) mass is 626 g/mol. The topological polar surface area (TPSA) is 83.6 Å². The summed E-state index contributed by atoms with van der Waals surface area (Å²) in [5.41, 5.74) is -7.69. The normalized spacial score (nSPS) is 22.4. The summed E-state index contributed by atoms with van der Waals surface area (Å²) in [6, 6.07) is 4.82. The third-order valence-electron chi connectivity index (χ3n) is 8.04. The summed E-state index contributed by atoms with van der Waals surface area (Å²) < 4.78 is 133. The van der Waals surface area contributed by atoms with Gasteiger partial charge < -0.3 is 10.2 Å². The number of likely N-dealkylation sites (tertiary alicyclic amines) is 1. The fourth-order valence-corrected chi connectivity index (χ4v) is 7.79. The third-order valence-corrected chi connectivity index (χ3v) is 10.5. The minimum absolute atomic E-state index is 0.134. The van der Waals surface area contributed by atoms with E-state index in [0.717, 1.165) is 24.3 Å². The average molecular weight is 627 g/mol. The van der Waals surface area contributed by atoms with Gasteiger partial charge in [0.05, 0.1) is 4.90 Å². The van der Waals surface area contributed by atoms with Gasteiger partial charge in [-0.25, -0.2) is 17.2 Å². The summed E-state index contributed by atoms with van der Waals surface area (Å²) in [6.07, 6.45) is -12.6. The van der Waals surface area contributed by atoms with Crippen molar-refractivity contribution in [2.24, 2.45) is 5.92 Å². The third kappa shape index (κ3) is 5.35. The van der Waals surface area contributed by atoms with Crippen LogP contribution < -0.4 is 5.32 Å². The molecule has 1 aliphatic carbocycles. The first-order chi connectivity index (χ1) is 19.3. The second kappa shape index (κ2) is 10.8. The van der Waals surface area contributed by atoms with E-state index in [1.165, 1.54) is 6.92 Å². The van der Waals surface area contributed by atoms with E-state index in [0.29, 0.717) is 38.1 Å². The van der Waals surface area contributed by atoms with Crippen LogP contribution in [0.3, 0.4) is 0 Å². The highest BCUT2D eigenvalue weighted by Gasteiger charge is 2.73. The van der Waals surface area contributed by atoms with E-state index in [4.69, 9.17) is 0 Å². The van der Waals surface area contributed by atoms with Crippen LogP contribution >= 0.6 is 0 Å². The van der Waals surface area contributed by atoms with Gasteiger partial charge in [0.25, 0.3) is 0 Å². The molecule has 2 aliphatic rings. The second-order valence-corrected chi connectivity index (χ2v) is 12.8. The fraction of sp³-hybridized carbons (Fsp3) is 0.481. The maximum atomic E-state index is 14.6. The number of halogens is 8. The van der Waals surface area contributed by atoms with Gasteiger partial charge in [-0.3, -0.25) is 9.59 Å². The highest BCUT2D eigenvalue weighted by Crippen LogP contribution is 2.55. The maximum Gasteiger partial charge on any atom is 0.435 e. The Morgan fingerprint density at radius 2 is 1.36 bits per heavy atom. The van der Waals surface area contributed by atoms with Gasteiger partial charge in [0.15, 0.2) is 9.84 Å². The van der Waals surface area contributed by atoms with Crippen LogP contribution in [0.1, 0.15) is 43.7 Å². The Balaban J connectivity index is 1.64. The van der Waals surface area contributed by atoms with Crippen LogP contribution in [0, 0.1) is 11.7 Å². The van der Waals surface area contributed by atoms with Gasteiger partial charge in [-0.15, -0.1) is 0 Å². The Hall–Kier alpha value is -3.23. The van der Waals surface area contributed by atoms with E-state index in [2.05, 4.69) is 5.32 Å². The Morgan fingerprint density at radius 1 is 0.857 bits per heavy atom. The van der Waals surface area contributed by atoms with Crippen molar-refractivity contribution in [1.82, 2.24) is 10.2 Å². The zero-order valence-electron chi connectivity index (χ0n) is 22.0. The molecule has 0 spiro atoms. The molecule has 1 heterocycles.